The summed E-state index contributed by atoms with van der Waals surface area (Å²) in [5, 5.41) is 0. The lowest BCUT2D eigenvalue weighted by Crippen LogP contribution is -2.32. The standard InChI is InChI=1S/C13H14F3NO2/c14-13(15,16)11-4-2-1-3-10(11)9-17-6-8-19-7-5-12(17)18/h1-4H,5-9H2. The first-order chi connectivity index (χ1) is 8.98. The van der Waals surface area contributed by atoms with Gasteiger partial charge in [-0.2, -0.15) is 13.2 Å². The highest BCUT2D eigenvalue weighted by atomic mass is 19.4. The Morgan fingerprint density at radius 3 is 2.68 bits per heavy atom. The summed E-state index contributed by atoms with van der Waals surface area (Å²) < 4.78 is 43.7. The molecule has 1 aromatic rings. The van der Waals surface area contributed by atoms with Gasteiger partial charge in [-0.1, -0.05) is 18.2 Å². The molecule has 1 aliphatic rings. The number of amides is 1. The van der Waals surface area contributed by atoms with Crippen LogP contribution in [0.15, 0.2) is 24.3 Å². The van der Waals surface area contributed by atoms with Gasteiger partial charge in [-0.25, -0.2) is 0 Å². The Hall–Kier alpha value is -1.56. The van der Waals surface area contributed by atoms with Crippen LogP contribution in [0.5, 0.6) is 0 Å². The first-order valence-corrected chi connectivity index (χ1v) is 5.99. The maximum absolute atomic E-state index is 12.9. The Bertz CT molecular complexity index is 459. The highest BCUT2D eigenvalue weighted by Crippen LogP contribution is 2.32. The molecule has 0 N–H and O–H groups in total. The third-order valence-electron chi connectivity index (χ3n) is 3.00. The molecule has 0 unspecified atom stereocenters. The molecule has 0 aliphatic carbocycles. The lowest BCUT2D eigenvalue weighted by Gasteiger charge is -2.22. The van der Waals surface area contributed by atoms with E-state index in [0.29, 0.717) is 19.8 Å². The van der Waals surface area contributed by atoms with Gasteiger partial charge in [0.1, 0.15) is 0 Å². The van der Waals surface area contributed by atoms with Crippen molar-refractivity contribution in [3.8, 4) is 0 Å². The summed E-state index contributed by atoms with van der Waals surface area (Å²) in [5.41, 5.74) is -0.571. The molecule has 2 rings (SSSR count). The molecule has 1 saturated heterocycles. The first-order valence-electron chi connectivity index (χ1n) is 5.99. The van der Waals surface area contributed by atoms with Gasteiger partial charge in [0.2, 0.25) is 5.91 Å². The van der Waals surface area contributed by atoms with Crippen LogP contribution in [0.3, 0.4) is 0 Å². The predicted octanol–water partition coefficient (Wildman–Crippen LogP) is 2.45. The number of nitrogens with zero attached hydrogens (tertiary/aromatic N) is 1. The van der Waals surface area contributed by atoms with Gasteiger partial charge in [0.05, 0.1) is 25.2 Å². The van der Waals surface area contributed by atoms with E-state index in [2.05, 4.69) is 0 Å². The van der Waals surface area contributed by atoms with Gasteiger partial charge in [0, 0.05) is 13.1 Å². The van der Waals surface area contributed by atoms with Gasteiger partial charge in [0.15, 0.2) is 0 Å². The molecule has 19 heavy (non-hydrogen) atoms. The van der Waals surface area contributed by atoms with Crippen molar-refractivity contribution in [2.75, 3.05) is 19.8 Å². The summed E-state index contributed by atoms with van der Waals surface area (Å²) in [6.07, 6.45) is -4.18. The lowest BCUT2D eigenvalue weighted by atomic mass is 10.1. The normalized spacial score (nSPS) is 17.4. The number of hydrogen-bond donors (Lipinski definition) is 0. The molecule has 0 spiro atoms. The Kier molecular flexibility index (Phi) is 4.09. The van der Waals surface area contributed by atoms with Crippen molar-refractivity contribution >= 4 is 5.91 Å². The van der Waals surface area contributed by atoms with E-state index in [1.165, 1.54) is 17.0 Å². The minimum absolute atomic E-state index is 0.0299. The van der Waals surface area contributed by atoms with Gasteiger partial charge in [0.25, 0.3) is 0 Å². The van der Waals surface area contributed by atoms with Crippen LogP contribution < -0.4 is 0 Å². The largest absolute Gasteiger partial charge is 0.416 e. The molecule has 0 radical (unpaired) electrons. The van der Waals surface area contributed by atoms with Gasteiger partial charge in [-0.15, -0.1) is 0 Å². The van der Waals surface area contributed by atoms with E-state index < -0.39 is 11.7 Å². The van der Waals surface area contributed by atoms with Crippen LogP contribution in [0.2, 0.25) is 0 Å². The average Bonchev–Trinajstić information content (AvgIpc) is 2.54. The van der Waals surface area contributed by atoms with E-state index in [1.54, 1.807) is 6.07 Å². The van der Waals surface area contributed by atoms with E-state index >= 15 is 0 Å². The van der Waals surface area contributed by atoms with Crippen LogP contribution in [-0.4, -0.2) is 30.6 Å². The number of benzene rings is 1. The van der Waals surface area contributed by atoms with Crippen LogP contribution in [-0.2, 0) is 22.3 Å². The molecule has 1 aromatic carbocycles. The van der Waals surface area contributed by atoms with Crippen LogP contribution in [0.4, 0.5) is 13.2 Å². The first kappa shape index (κ1) is 13.9. The molecule has 6 heteroatoms. The summed E-state index contributed by atoms with van der Waals surface area (Å²) in [4.78, 5) is 13.2. The van der Waals surface area contributed by atoms with Gasteiger partial charge < -0.3 is 9.64 Å². The van der Waals surface area contributed by atoms with Gasteiger partial charge >= 0.3 is 6.18 Å². The molecule has 0 saturated carbocycles. The molecule has 1 amide bonds. The molecule has 1 aliphatic heterocycles. The number of carbonyl (C=O) groups excluding carboxylic acids is 1. The highest BCUT2D eigenvalue weighted by molar-refractivity contribution is 5.76. The highest BCUT2D eigenvalue weighted by Gasteiger charge is 2.33. The number of hydrogen-bond acceptors (Lipinski definition) is 2. The smallest absolute Gasteiger partial charge is 0.379 e. The summed E-state index contributed by atoms with van der Waals surface area (Å²) in [7, 11) is 0. The topological polar surface area (TPSA) is 29.5 Å². The van der Waals surface area contributed by atoms with Crippen molar-refractivity contribution < 1.29 is 22.7 Å². The number of alkyl halides is 3. The van der Waals surface area contributed by atoms with E-state index in [1.807, 2.05) is 0 Å². The minimum Gasteiger partial charge on any atom is -0.379 e. The molecule has 1 heterocycles. The number of carbonyl (C=O) groups is 1. The van der Waals surface area contributed by atoms with Crippen molar-refractivity contribution in [3.05, 3.63) is 35.4 Å². The molecule has 104 valence electrons. The van der Waals surface area contributed by atoms with Crippen LogP contribution in [0.25, 0.3) is 0 Å². The fourth-order valence-corrected chi connectivity index (χ4v) is 2.03. The van der Waals surface area contributed by atoms with Crippen LogP contribution in [0.1, 0.15) is 17.5 Å². The van der Waals surface area contributed by atoms with Crippen molar-refractivity contribution in [1.29, 1.82) is 0 Å². The summed E-state index contributed by atoms with van der Waals surface area (Å²) in [6.45, 7) is 0.985. The maximum Gasteiger partial charge on any atom is 0.416 e. The molecule has 0 bridgehead atoms. The summed E-state index contributed by atoms with van der Waals surface area (Å²) >= 11 is 0. The third-order valence-corrected chi connectivity index (χ3v) is 3.00. The quantitative estimate of drug-likeness (QED) is 0.828. The number of halogens is 3. The molecule has 1 fully saturated rings. The van der Waals surface area contributed by atoms with Gasteiger partial charge in [-0.3, -0.25) is 4.79 Å². The van der Waals surface area contributed by atoms with E-state index in [9.17, 15) is 18.0 Å². The summed E-state index contributed by atoms with van der Waals surface area (Å²) in [6, 6.07) is 5.33. The predicted molar refractivity (Wildman–Crippen MR) is 62.3 cm³/mol. The number of ether oxygens (including phenoxy) is 1. The molecular formula is C13H14F3NO2. The van der Waals surface area contributed by atoms with Crippen molar-refractivity contribution in [2.24, 2.45) is 0 Å². The van der Waals surface area contributed by atoms with Crippen LogP contribution in [0, 0.1) is 0 Å². The minimum atomic E-state index is -4.40. The zero-order valence-electron chi connectivity index (χ0n) is 10.2. The molecule has 0 atom stereocenters. The zero-order chi connectivity index (χ0) is 13.9. The second kappa shape index (κ2) is 5.61. The van der Waals surface area contributed by atoms with E-state index in [0.717, 1.165) is 6.07 Å². The van der Waals surface area contributed by atoms with Crippen molar-refractivity contribution in [3.63, 3.8) is 0 Å². The fraction of sp³-hybridized carbons (Fsp3) is 0.462. The monoisotopic (exact) mass is 273 g/mol. The summed E-state index contributed by atoms with van der Waals surface area (Å²) in [5.74, 6) is -0.172. The maximum atomic E-state index is 12.9. The average molecular weight is 273 g/mol. The molecule has 0 aromatic heterocycles. The van der Waals surface area contributed by atoms with Crippen molar-refractivity contribution in [2.45, 2.75) is 19.1 Å². The number of rotatable bonds is 2. The Balaban J connectivity index is 2.20. The van der Waals surface area contributed by atoms with Gasteiger partial charge in [-0.05, 0) is 11.6 Å². The zero-order valence-corrected chi connectivity index (χ0v) is 10.2. The molecular weight excluding hydrogens is 259 g/mol. The lowest BCUT2D eigenvalue weighted by molar-refractivity contribution is -0.139. The van der Waals surface area contributed by atoms with E-state index in [-0.39, 0.29) is 24.4 Å². The Morgan fingerprint density at radius 1 is 1.21 bits per heavy atom. The van der Waals surface area contributed by atoms with Crippen molar-refractivity contribution in [1.82, 2.24) is 4.90 Å². The Labute approximate surface area is 109 Å². The van der Waals surface area contributed by atoms with E-state index in [4.69, 9.17) is 4.74 Å². The SMILES string of the molecule is O=C1CCOCCN1Cc1ccccc1C(F)(F)F. The second-order valence-electron chi connectivity index (χ2n) is 4.33. The van der Waals surface area contributed by atoms with Crippen LogP contribution >= 0.6 is 0 Å². The fourth-order valence-electron chi connectivity index (χ4n) is 2.03. The second-order valence-corrected chi connectivity index (χ2v) is 4.33. The Morgan fingerprint density at radius 2 is 1.95 bits per heavy atom. The molecule has 3 nitrogen and oxygen atoms in total. The third kappa shape index (κ3) is 3.47.